The monoisotopic (exact) mass is 432 g/mol. The largest absolute Gasteiger partial charge is 1.00 e. The van der Waals surface area contributed by atoms with Crippen molar-refractivity contribution >= 4 is 5.84 Å². The molecule has 2 nitrogen and oxygen atoms in total. The Morgan fingerprint density at radius 1 is 0.654 bits per heavy atom. The molecular weight excluding hydrogens is 384 g/mol. The van der Waals surface area contributed by atoms with Crippen LogP contribution in [-0.2, 0) is 0 Å². The van der Waals surface area contributed by atoms with Gasteiger partial charge >= 0.3 is 0 Å². The molecule has 0 bridgehead atoms. The zero-order valence-electron chi connectivity index (χ0n) is 18.5. The van der Waals surface area contributed by atoms with Gasteiger partial charge in [0.2, 0.25) is 5.84 Å². The highest BCUT2D eigenvalue weighted by atomic mass is 79.9. The predicted molar refractivity (Wildman–Crippen MR) is 115 cm³/mol. The zero-order chi connectivity index (χ0) is 18.8. The fourth-order valence-electron chi connectivity index (χ4n) is 3.61. The second kappa shape index (κ2) is 21.3. The fraction of sp³-hybridized carbons (Fsp3) is 0.957. The van der Waals surface area contributed by atoms with Crippen LogP contribution in [0.2, 0.25) is 0 Å². The molecule has 0 amide bonds. The Labute approximate surface area is 176 Å². The molecule has 1 atom stereocenters. The maximum Gasteiger partial charge on any atom is 0.242 e. The normalized spacial score (nSPS) is 11.8. The van der Waals surface area contributed by atoms with Crippen LogP contribution in [0.4, 0.5) is 0 Å². The SMILES string of the molecule is CCCCCCCCCCCC(CCCCCC)CCC(N)=[N+](C)C.[Br-]. The lowest BCUT2D eigenvalue weighted by Gasteiger charge is -2.16. The van der Waals surface area contributed by atoms with Crippen LogP contribution in [0.25, 0.3) is 0 Å². The first-order chi connectivity index (χ1) is 12.1. The van der Waals surface area contributed by atoms with Crippen molar-refractivity contribution in [1.29, 1.82) is 0 Å². The van der Waals surface area contributed by atoms with E-state index < -0.39 is 0 Å². The van der Waals surface area contributed by atoms with Gasteiger partial charge in [0.15, 0.2) is 0 Å². The number of hydrogen-bond acceptors (Lipinski definition) is 0. The first-order valence-corrected chi connectivity index (χ1v) is 11.4. The van der Waals surface area contributed by atoms with E-state index in [4.69, 9.17) is 5.73 Å². The molecule has 0 aliphatic rings. The van der Waals surface area contributed by atoms with Crippen molar-refractivity contribution in [2.45, 2.75) is 123 Å². The molecule has 158 valence electrons. The summed E-state index contributed by atoms with van der Waals surface area (Å²) in [5, 5.41) is 0. The Morgan fingerprint density at radius 3 is 1.46 bits per heavy atom. The minimum Gasteiger partial charge on any atom is -1.00 e. The number of nitrogens with two attached hydrogens (primary N) is 1. The molecule has 26 heavy (non-hydrogen) atoms. The average Bonchev–Trinajstić information content (AvgIpc) is 2.60. The summed E-state index contributed by atoms with van der Waals surface area (Å²) >= 11 is 0. The van der Waals surface area contributed by atoms with Gasteiger partial charge in [0.05, 0.1) is 14.1 Å². The molecule has 0 radical (unpaired) electrons. The summed E-state index contributed by atoms with van der Waals surface area (Å²) < 4.78 is 2.08. The fourth-order valence-corrected chi connectivity index (χ4v) is 3.61. The third kappa shape index (κ3) is 18.7. The lowest BCUT2D eigenvalue weighted by atomic mass is 9.90. The van der Waals surface area contributed by atoms with Crippen molar-refractivity contribution in [2.75, 3.05) is 14.1 Å². The van der Waals surface area contributed by atoms with Crippen molar-refractivity contribution in [1.82, 2.24) is 0 Å². The zero-order valence-corrected chi connectivity index (χ0v) is 20.1. The topological polar surface area (TPSA) is 29.0 Å². The van der Waals surface area contributed by atoms with E-state index in [2.05, 4.69) is 32.5 Å². The van der Waals surface area contributed by atoms with E-state index in [1.165, 1.54) is 103 Å². The number of amidine groups is 1. The summed E-state index contributed by atoms with van der Waals surface area (Å²) in [5.41, 5.74) is 6.13. The highest BCUT2D eigenvalue weighted by Gasteiger charge is 2.11. The van der Waals surface area contributed by atoms with Crippen molar-refractivity contribution < 1.29 is 21.6 Å². The van der Waals surface area contributed by atoms with E-state index in [9.17, 15) is 0 Å². The third-order valence-electron chi connectivity index (χ3n) is 5.57. The van der Waals surface area contributed by atoms with Crippen LogP contribution >= 0.6 is 0 Å². The maximum absolute atomic E-state index is 6.13. The molecule has 0 heterocycles. The molecule has 0 saturated heterocycles. The maximum atomic E-state index is 6.13. The molecule has 0 aliphatic carbocycles. The summed E-state index contributed by atoms with van der Waals surface area (Å²) in [6, 6.07) is 0. The van der Waals surface area contributed by atoms with E-state index in [-0.39, 0.29) is 17.0 Å². The Balaban J connectivity index is 0. The number of halogens is 1. The van der Waals surface area contributed by atoms with Crippen LogP contribution in [0.3, 0.4) is 0 Å². The molecule has 0 saturated carbocycles. The van der Waals surface area contributed by atoms with Gasteiger partial charge in [0.25, 0.3) is 0 Å². The lowest BCUT2D eigenvalue weighted by molar-refractivity contribution is -0.466. The van der Waals surface area contributed by atoms with Crippen molar-refractivity contribution in [3.8, 4) is 0 Å². The smallest absolute Gasteiger partial charge is 0.242 e. The van der Waals surface area contributed by atoms with Crippen molar-refractivity contribution in [3.05, 3.63) is 0 Å². The first-order valence-electron chi connectivity index (χ1n) is 11.4. The Bertz CT molecular complexity index is 311. The first kappa shape index (κ1) is 28.2. The molecule has 2 N–H and O–H groups in total. The predicted octanol–water partition coefficient (Wildman–Crippen LogP) is 3.91. The molecule has 0 aromatic carbocycles. The lowest BCUT2D eigenvalue weighted by Crippen LogP contribution is -3.00. The number of unbranched alkanes of at least 4 members (excludes halogenated alkanes) is 11. The van der Waals surface area contributed by atoms with Crippen LogP contribution in [0.1, 0.15) is 123 Å². The van der Waals surface area contributed by atoms with Gasteiger partial charge in [-0.15, -0.1) is 0 Å². The Kier molecular flexibility index (Phi) is 23.0. The highest BCUT2D eigenvalue weighted by Crippen LogP contribution is 2.23. The van der Waals surface area contributed by atoms with Gasteiger partial charge < -0.3 is 17.0 Å². The molecule has 1 unspecified atom stereocenters. The molecule has 0 fully saturated rings. The molecule has 0 aromatic heterocycles. The van der Waals surface area contributed by atoms with Gasteiger partial charge in [-0.2, -0.15) is 0 Å². The van der Waals surface area contributed by atoms with Gasteiger partial charge in [-0.3, -0.25) is 10.3 Å². The molecule has 0 rings (SSSR count). The molecular formula is C23H49BrN2. The number of rotatable bonds is 18. The molecule has 0 spiro atoms. The second-order valence-corrected chi connectivity index (χ2v) is 8.26. The minimum atomic E-state index is 0. The quantitative estimate of drug-likeness (QED) is 0.151. The van der Waals surface area contributed by atoms with Crippen LogP contribution in [0.15, 0.2) is 0 Å². The van der Waals surface area contributed by atoms with Gasteiger partial charge in [-0.25, -0.2) is 0 Å². The van der Waals surface area contributed by atoms with Gasteiger partial charge in [-0.1, -0.05) is 110 Å². The van der Waals surface area contributed by atoms with Crippen LogP contribution in [0, 0.1) is 5.92 Å². The van der Waals surface area contributed by atoms with Crippen molar-refractivity contribution in [3.63, 3.8) is 0 Å². The van der Waals surface area contributed by atoms with Crippen molar-refractivity contribution in [2.24, 2.45) is 11.7 Å². The Morgan fingerprint density at radius 2 is 1.04 bits per heavy atom. The highest BCUT2D eigenvalue weighted by molar-refractivity contribution is 5.75. The van der Waals surface area contributed by atoms with Crippen LogP contribution < -0.4 is 22.7 Å². The van der Waals surface area contributed by atoms with Gasteiger partial charge in [-0.05, 0) is 12.3 Å². The molecule has 0 aliphatic heterocycles. The minimum absolute atomic E-state index is 0. The summed E-state index contributed by atoms with van der Waals surface area (Å²) in [6.45, 7) is 4.59. The summed E-state index contributed by atoms with van der Waals surface area (Å²) in [6.07, 6.45) is 23.6. The van der Waals surface area contributed by atoms with E-state index in [0.717, 1.165) is 18.2 Å². The third-order valence-corrected chi connectivity index (χ3v) is 5.57. The van der Waals surface area contributed by atoms with E-state index in [1.54, 1.807) is 0 Å². The van der Waals surface area contributed by atoms with E-state index in [1.807, 2.05) is 0 Å². The van der Waals surface area contributed by atoms with E-state index >= 15 is 0 Å². The van der Waals surface area contributed by atoms with Gasteiger partial charge in [0, 0.05) is 6.42 Å². The van der Waals surface area contributed by atoms with Gasteiger partial charge in [0.1, 0.15) is 0 Å². The number of nitrogens with zero attached hydrogens (tertiary/aromatic N) is 1. The molecule has 3 heteroatoms. The molecule has 0 aromatic rings. The second-order valence-electron chi connectivity index (χ2n) is 8.26. The average molecular weight is 434 g/mol. The van der Waals surface area contributed by atoms with Crippen LogP contribution in [0.5, 0.6) is 0 Å². The standard InChI is InChI=1S/C23H48N2.BrH/c1-5-7-9-11-12-13-14-15-17-19-22(18-16-10-8-6-2)20-21-23(24)25(3)4;/h22,24H,5-21H2,1-4H3;1H. The summed E-state index contributed by atoms with van der Waals surface area (Å²) in [5.74, 6) is 1.94. The van der Waals surface area contributed by atoms with E-state index in [0.29, 0.717) is 0 Å². The Hall–Kier alpha value is -0.0500. The summed E-state index contributed by atoms with van der Waals surface area (Å²) in [7, 11) is 4.12. The number of hydrogen-bond donors (Lipinski definition) is 1. The summed E-state index contributed by atoms with van der Waals surface area (Å²) in [4.78, 5) is 0. The van der Waals surface area contributed by atoms with Crippen LogP contribution in [-0.4, -0.2) is 24.5 Å².